The number of ether oxygens (including phenoxy) is 2. The van der Waals surface area contributed by atoms with Gasteiger partial charge in [0.15, 0.2) is 11.7 Å². The van der Waals surface area contributed by atoms with Gasteiger partial charge < -0.3 is 29.6 Å². The van der Waals surface area contributed by atoms with Crippen LogP contribution in [-0.2, 0) is 9.53 Å². The number of hydrogen-bond donors (Lipinski definition) is 2. The first-order chi connectivity index (χ1) is 22.4. The molecule has 3 aromatic carbocycles. The van der Waals surface area contributed by atoms with Crippen molar-refractivity contribution in [3.05, 3.63) is 138 Å². The standard InChI is InChI=1S/C36H33N5O4S/c1-23-21-29(24(2)40(23)31-15-8-7-13-28(31)35(43)44-3)34-33(30-14-9-10-20-37-30)39-36(46)41(34)26-18-16-25(17-19-26)38-32(42)22-45-27-11-5-4-6-12-27/h4-21,33-34H,22H2,1-3H3,(H,38,42)(H,39,46)/t33-,34+/m1/s1. The van der Waals surface area contributed by atoms with Gasteiger partial charge in [0.1, 0.15) is 5.75 Å². The summed E-state index contributed by atoms with van der Waals surface area (Å²) in [6, 6.07) is 31.6. The van der Waals surface area contributed by atoms with Gasteiger partial charge in [-0.3, -0.25) is 9.78 Å². The number of aromatic nitrogens is 2. The average molecular weight is 632 g/mol. The van der Waals surface area contributed by atoms with E-state index in [1.165, 1.54) is 7.11 Å². The molecule has 9 nitrogen and oxygen atoms in total. The Labute approximate surface area is 272 Å². The molecule has 2 N–H and O–H groups in total. The number of carbonyl (C=O) groups excluding carboxylic acids is 2. The minimum absolute atomic E-state index is 0.103. The molecule has 2 atom stereocenters. The Morgan fingerprint density at radius 1 is 0.935 bits per heavy atom. The summed E-state index contributed by atoms with van der Waals surface area (Å²) in [5.41, 5.74) is 6.48. The third-order valence-corrected chi connectivity index (χ3v) is 8.29. The molecule has 5 aromatic rings. The highest BCUT2D eigenvalue weighted by molar-refractivity contribution is 7.80. The number of pyridine rings is 1. The summed E-state index contributed by atoms with van der Waals surface area (Å²) < 4.78 is 12.7. The molecular weight excluding hydrogens is 598 g/mol. The van der Waals surface area contributed by atoms with Gasteiger partial charge in [-0.05, 0) is 98.4 Å². The highest BCUT2D eigenvalue weighted by atomic mass is 32.1. The number of benzene rings is 3. The SMILES string of the molecule is COC(=O)c1ccccc1-n1c(C)cc([C@H]2[C@@H](c3ccccn3)NC(=S)N2c2ccc(NC(=O)COc3ccccc3)cc2)c1C. The van der Waals surface area contributed by atoms with Crippen LogP contribution in [0, 0.1) is 13.8 Å². The van der Waals surface area contributed by atoms with Gasteiger partial charge in [0.25, 0.3) is 5.91 Å². The van der Waals surface area contributed by atoms with E-state index in [-0.39, 0.29) is 24.6 Å². The Hall–Kier alpha value is -5.48. The number of carbonyl (C=O) groups is 2. The second-order valence-electron chi connectivity index (χ2n) is 10.9. The minimum Gasteiger partial charge on any atom is -0.484 e. The van der Waals surface area contributed by atoms with Crippen LogP contribution in [-0.4, -0.2) is 40.3 Å². The van der Waals surface area contributed by atoms with E-state index in [0.29, 0.717) is 22.1 Å². The van der Waals surface area contributed by atoms with Crippen molar-refractivity contribution in [2.24, 2.45) is 0 Å². The summed E-state index contributed by atoms with van der Waals surface area (Å²) in [5.74, 6) is -0.0346. The summed E-state index contributed by atoms with van der Waals surface area (Å²) in [6.45, 7) is 3.96. The van der Waals surface area contributed by atoms with Crippen molar-refractivity contribution in [2.45, 2.75) is 25.9 Å². The number of anilines is 2. The van der Waals surface area contributed by atoms with Crippen LogP contribution in [0.2, 0.25) is 0 Å². The molecule has 1 amide bonds. The van der Waals surface area contributed by atoms with Gasteiger partial charge in [-0.2, -0.15) is 0 Å². The number of esters is 1. The highest BCUT2D eigenvalue weighted by Crippen LogP contribution is 2.44. The van der Waals surface area contributed by atoms with Crippen LogP contribution >= 0.6 is 12.2 Å². The van der Waals surface area contributed by atoms with E-state index in [4.69, 9.17) is 21.7 Å². The second-order valence-corrected chi connectivity index (χ2v) is 11.3. The van der Waals surface area contributed by atoms with Crippen molar-refractivity contribution in [3.8, 4) is 11.4 Å². The van der Waals surface area contributed by atoms with Crippen LogP contribution in [0.4, 0.5) is 11.4 Å². The van der Waals surface area contributed by atoms with Crippen molar-refractivity contribution in [1.82, 2.24) is 14.9 Å². The number of amides is 1. The quantitative estimate of drug-likeness (QED) is 0.141. The highest BCUT2D eigenvalue weighted by Gasteiger charge is 2.42. The van der Waals surface area contributed by atoms with Gasteiger partial charge >= 0.3 is 5.97 Å². The van der Waals surface area contributed by atoms with E-state index < -0.39 is 5.97 Å². The Morgan fingerprint density at radius 3 is 2.37 bits per heavy atom. The second kappa shape index (κ2) is 13.3. The summed E-state index contributed by atoms with van der Waals surface area (Å²) in [7, 11) is 1.38. The van der Waals surface area contributed by atoms with Crippen molar-refractivity contribution >= 4 is 40.6 Å². The maximum atomic E-state index is 12.7. The first kappa shape index (κ1) is 30.5. The van der Waals surface area contributed by atoms with E-state index in [1.54, 1.807) is 24.4 Å². The summed E-state index contributed by atoms with van der Waals surface area (Å²) in [5, 5.41) is 6.95. The fourth-order valence-corrected chi connectivity index (χ4v) is 6.27. The van der Waals surface area contributed by atoms with E-state index in [1.807, 2.05) is 92.7 Å². The Balaban J connectivity index is 1.33. The molecule has 0 saturated carbocycles. The minimum atomic E-state index is -0.403. The number of thiocarbonyl (C=S) groups is 1. The molecular formula is C36H33N5O4S. The molecule has 1 saturated heterocycles. The molecule has 0 bridgehead atoms. The number of nitrogens with zero attached hydrogens (tertiary/aromatic N) is 3. The molecule has 0 unspecified atom stereocenters. The Bertz CT molecular complexity index is 1880. The fraction of sp³-hybridized carbons (Fsp3) is 0.167. The zero-order valence-corrected chi connectivity index (χ0v) is 26.5. The van der Waals surface area contributed by atoms with Crippen LogP contribution in [0.15, 0.2) is 109 Å². The molecule has 0 radical (unpaired) electrons. The number of methoxy groups -OCH3 is 1. The van der Waals surface area contributed by atoms with Crippen molar-refractivity contribution in [1.29, 1.82) is 0 Å². The van der Waals surface area contributed by atoms with Crippen LogP contribution in [0.25, 0.3) is 5.69 Å². The monoisotopic (exact) mass is 631 g/mol. The normalized spacial score (nSPS) is 15.7. The lowest BCUT2D eigenvalue weighted by Gasteiger charge is -2.28. The molecule has 6 rings (SSSR count). The van der Waals surface area contributed by atoms with Crippen LogP contribution in [0.3, 0.4) is 0 Å². The first-order valence-corrected chi connectivity index (χ1v) is 15.2. The van der Waals surface area contributed by atoms with Crippen LogP contribution < -0.4 is 20.3 Å². The first-order valence-electron chi connectivity index (χ1n) is 14.8. The molecule has 10 heteroatoms. The van der Waals surface area contributed by atoms with E-state index >= 15 is 0 Å². The van der Waals surface area contributed by atoms with Crippen molar-refractivity contribution < 1.29 is 19.1 Å². The molecule has 0 aliphatic carbocycles. The smallest absolute Gasteiger partial charge is 0.339 e. The summed E-state index contributed by atoms with van der Waals surface area (Å²) >= 11 is 5.94. The molecule has 3 heterocycles. The predicted octanol–water partition coefficient (Wildman–Crippen LogP) is 6.47. The third-order valence-electron chi connectivity index (χ3n) is 7.98. The van der Waals surface area contributed by atoms with Gasteiger partial charge in [-0.15, -0.1) is 0 Å². The fourth-order valence-electron chi connectivity index (χ4n) is 5.93. The Morgan fingerprint density at radius 2 is 1.65 bits per heavy atom. The topological polar surface area (TPSA) is 97.7 Å². The van der Waals surface area contributed by atoms with E-state index in [0.717, 1.165) is 34.0 Å². The van der Waals surface area contributed by atoms with Crippen LogP contribution in [0.1, 0.15) is 45.1 Å². The number of para-hydroxylation sites is 2. The maximum absolute atomic E-state index is 12.7. The lowest BCUT2D eigenvalue weighted by molar-refractivity contribution is -0.118. The summed E-state index contributed by atoms with van der Waals surface area (Å²) in [6.07, 6.45) is 1.77. The zero-order valence-electron chi connectivity index (χ0n) is 25.6. The molecule has 46 heavy (non-hydrogen) atoms. The lowest BCUT2D eigenvalue weighted by atomic mass is 9.96. The molecule has 1 fully saturated rings. The number of aryl methyl sites for hydroxylation is 1. The van der Waals surface area contributed by atoms with Gasteiger partial charge in [0, 0.05) is 29.0 Å². The van der Waals surface area contributed by atoms with Gasteiger partial charge in [-0.25, -0.2) is 4.79 Å². The largest absolute Gasteiger partial charge is 0.484 e. The number of nitrogens with one attached hydrogen (secondary N) is 2. The number of hydrogen-bond acceptors (Lipinski definition) is 6. The zero-order chi connectivity index (χ0) is 32.2. The molecule has 1 aliphatic rings. The summed E-state index contributed by atoms with van der Waals surface area (Å²) in [4.78, 5) is 32.0. The van der Waals surface area contributed by atoms with Gasteiger partial charge in [-0.1, -0.05) is 36.4 Å². The average Bonchev–Trinajstić information content (AvgIpc) is 3.58. The predicted molar refractivity (Wildman–Crippen MR) is 182 cm³/mol. The van der Waals surface area contributed by atoms with Crippen molar-refractivity contribution in [2.75, 3.05) is 23.9 Å². The number of rotatable bonds is 9. The van der Waals surface area contributed by atoms with E-state index in [9.17, 15) is 9.59 Å². The van der Waals surface area contributed by atoms with Crippen LogP contribution in [0.5, 0.6) is 5.75 Å². The van der Waals surface area contributed by atoms with Crippen molar-refractivity contribution in [3.63, 3.8) is 0 Å². The lowest BCUT2D eigenvalue weighted by Crippen LogP contribution is -2.29. The molecule has 2 aromatic heterocycles. The Kier molecular flexibility index (Phi) is 8.80. The third kappa shape index (κ3) is 6.07. The molecule has 0 spiro atoms. The molecule has 232 valence electrons. The van der Waals surface area contributed by atoms with E-state index in [2.05, 4.69) is 31.2 Å². The maximum Gasteiger partial charge on any atom is 0.339 e. The van der Waals surface area contributed by atoms with Gasteiger partial charge in [0.05, 0.1) is 36.1 Å². The molecule has 1 aliphatic heterocycles. The van der Waals surface area contributed by atoms with Gasteiger partial charge in [0.2, 0.25) is 0 Å².